The Bertz CT molecular complexity index is 1190. The van der Waals surface area contributed by atoms with Gasteiger partial charge in [0.05, 0.1) is 28.9 Å². The quantitative estimate of drug-likeness (QED) is 0.477. The number of pyridine rings is 1. The molecule has 0 spiro atoms. The lowest BCUT2D eigenvalue weighted by Gasteiger charge is -2.07. The number of nitrogens with zero attached hydrogens (tertiary/aromatic N) is 2. The van der Waals surface area contributed by atoms with E-state index in [0.29, 0.717) is 21.5 Å². The topological polar surface area (TPSA) is 64.1 Å². The Morgan fingerprint density at radius 1 is 1.14 bits per heavy atom. The first-order chi connectivity index (χ1) is 13.5. The van der Waals surface area contributed by atoms with Crippen LogP contribution in [-0.2, 0) is 0 Å². The van der Waals surface area contributed by atoms with Gasteiger partial charge >= 0.3 is 0 Å². The second kappa shape index (κ2) is 7.58. The first kappa shape index (κ1) is 18.4. The number of fused-ring (bicyclic) bond motifs is 1. The molecule has 1 N–H and O–H groups in total. The molecule has 0 fully saturated rings. The normalized spacial score (nSPS) is 10.8. The zero-order valence-electron chi connectivity index (χ0n) is 15.2. The highest BCUT2D eigenvalue weighted by atomic mass is 35.5. The molecule has 1 amide bonds. The molecule has 2 aromatic carbocycles. The Kier molecular flexibility index (Phi) is 4.98. The van der Waals surface area contributed by atoms with E-state index >= 15 is 0 Å². The van der Waals surface area contributed by atoms with E-state index in [1.54, 1.807) is 25.3 Å². The maximum Gasteiger partial charge on any atom is 0.258 e. The molecule has 140 valence electrons. The van der Waals surface area contributed by atoms with Crippen LogP contribution in [0.3, 0.4) is 0 Å². The van der Waals surface area contributed by atoms with Crippen LogP contribution in [-0.4, -0.2) is 23.0 Å². The van der Waals surface area contributed by atoms with Gasteiger partial charge in [0.1, 0.15) is 5.75 Å². The fourth-order valence-corrected chi connectivity index (χ4v) is 3.92. The molecular formula is C21H16ClN3O2S. The number of rotatable bonds is 4. The van der Waals surface area contributed by atoms with E-state index in [0.717, 1.165) is 27.9 Å². The summed E-state index contributed by atoms with van der Waals surface area (Å²) >= 11 is 7.56. The number of carbonyl (C=O) groups excluding carboxylic acids is 1. The van der Waals surface area contributed by atoms with E-state index in [1.165, 1.54) is 11.3 Å². The summed E-state index contributed by atoms with van der Waals surface area (Å²) in [5, 5.41) is 6.61. The molecule has 0 saturated carbocycles. The Hall–Kier alpha value is -2.96. The monoisotopic (exact) mass is 409 g/mol. The van der Waals surface area contributed by atoms with Crippen molar-refractivity contribution in [2.75, 3.05) is 12.4 Å². The van der Waals surface area contributed by atoms with Crippen LogP contribution in [0.2, 0.25) is 5.02 Å². The third kappa shape index (κ3) is 3.56. The van der Waals surface area contributed by atoms with Crippen molar-refractivity contribution in [3.63, 3.8) is 0 Å². The largest absolute Gasteiger partial charge is 0.495 e. The van der Waals surface area contributed by atoms with Gasteiger partial charge in [0.15, 0.2) is 5.13 Å². The van der Waals surface area contributed by atoms with E-state index in [4.69, 9.17) is 16.3 Å². The predicted octanol–water partition coefficient (Wildman–Crippen LogP) is 5.58. The number of para-hydroxylation sites is 1. The van der Waals surface area contributed by atoms with E-state index in [1.807, 2.05) is 42.6 Å². The summed E-state index contributed by atoms with van der Waals surface area (Å²) in [5.41, 5.74) is 3.75. The number of amides is 1. The summed E-state index contributed by atoms with van der Waals surface area (Å²) < 4.78 is 5.18. The number of halogens is 1. The van der Waals surface area contributed by atoms with Crippen molar-refractivity contribution in [3.05, 3.63) is 70.2 Å². The Balaban J connectivity index is 1.61. The SMILES string of the molecule is COc1ccc(-c2csc(NC(=O)c3cc(C)nc4ccccc34)n2)cc1Cl. The number of hydrogen-bond acceptors (Lipinski definition) is 5. The average molecular weight is 410 g/mol. The fourth-order valence-electron chi connectivity index (χ4n) is 2.95. The number of aromatic nitrogens is 2. The van der Waals surface area contributed by atoms with Crippen molar-refractivity contribution < 1.29 is 9.53 Å². The smallest absolute Gasteiger partial charge is 0.258 e. The lowest BCUT2D eigenvalue weighted by atomic mass is 10.1. The van der Waals surface area contributed by atoms with Crippen LogP contribution in [0.1, 0.15) is 16.1 Å². The number of aryl methyl sites for hydroxylation is 1. The Morgan fingerprint density at radius 3 is 2.75 bits per heavy atom. The molecule has 28 heavy (non-hydrogen) atoms. The van der Waals surface area contributed by atoms with Crippen molar-refractivity contribution in [1.29, 1.82) is 0 Å². The second-order valence-corrected chi connectivity index (χ2v) is 7.43. The lowest BCUT2D eigenvalue weighted by Crippen LogP contribution is -2.13. The van der Waals surface area contributed by atoms with Gasteiger partial charge in [-0.15, -0.1) is 11.3 Å². The molecular weight excluding hydrogens is 394 g/mol. The first-order valence-corrected chi connectivity index (χ1v) is 9.78. The molecule has 0 atom stereocenters. The van der Waals surface area contributed by atoms with Gasteiger partial charge < -0.3 is 4.74 Å². The fraction of sp³-hybridized carbons (Fsp3) is 0.0952. The summed E-state index contributed by atoms with van der Waals surface area (Å²) in [7, 11) is 1.57. The number of thiazole rings is 1. The molecule has 0 aliphatic heterocycles. The zero-order valence-corrected chi connectivity index (χ0v) is 16.8. The Labute approximate surface area is 171 Å². The lowest BCUT2D eigenvalue weighted by molar-refractivity contribution is 0.102. The molecule has 2 aromatic heterocycles. The summed E-state index contributed by atoms with van der Waals surface area (Å²) in [5.74, 6) is 0.393. The van der Waals surface area contributed by atoms with Crippen LogP contribution in [0, 0.1) is 6.92 Å². The third-order valence-electron chi connectivity index (χ3n) is 4.26. The number of ether oxygens (including phenoxy) is 1. The number of benzene rings is 2. The van der Waals surface area contributed by atoms with Gasteiger partial charge in [-0.05, 0) is 37.3 Å². The van der Waals surface area contributed by atoms with Crippen LogP contribution in [0.15, 0.2) is 53.9 Å². The van der Waals surface area contributed by atoms with Crippen molar-refractivity contribution in [3.8, 4) is 17.0 Å². The first-order valence-electron chi connectivity index (χ1n) is 8.52. The molecule has 0 aliphatic carbocycles. The average Bonchev–Trinajstić information content (AvgIpc) is 3.15. The van der Waals surface area contributed by atoms with Crippen molar-refractivity contribution in [2.45, 2.75) is 6.92 Å². The minimum atomic E-state index is -0.213. The van der Waals surface area contributed by atoms with Gasteiger partial charge in [0, 0.05) is 22.0 Å². The number of anilines is 1. The number of nitrogens with one attached hydrogen (secondary N) is 1. The van der Waals surface area contributed by atoms with Crippen LogP contribution < -0.4 is 10.1 Å². The van der Waals surface area contributed by atoms with Gasteiger partial charge in [-0.3, -0.25) is 15.1 Å². The molecule has 0 saturated heterocycles. The van der Waals surface area contributed by atoms with E-state index in [9.17, 15) is 4.79 Å². The predicted molar refractivity (Wildman–Crippen MR) is 114 cm³/mol. The van der Waals surface area contributed by atoms with Gasteiger partial charge in [0.25, 0.3) is 5.91 Å². The highest BCUT2D eigenvalue weighted by molar-refractivity contribution is 7.14. The van der Waals surface area contributed by atoms with E-state index in [-0.39, 0.29) is 5.91 Å². The third-order valence-corrected chi connectivity index (χ3v) is 5.31. The highest BCUT2D eigenvalue weighted by Crippen LogP contribution is 2.32. The van der Waals surface area contributed by atoms with E-state index in [2.05, 4.69) is 15.3 Å². The minimum absolute atomic E-state index is 0.213. The summed E-state index contributed by atoms with van der Waals surface area (Å²) in [6.45, 7) is 1.87. The maximum absolute atomic E-state index is 12.9. The molecule has 4 aromatic rings. The van der Waals surface area contributed by atoms with Crippen LogP contribution in [0.4, 0.5) is 5.13 Å². The summed E-state index contributed by atoms with van der Waals surface area (Å²) in [4.78, 5) is 21.8. The van der Waals surface area contributed by atoms with Gasteiger partial charge in [-0.25, -0.2) is 4.98 Å². The van der Waals surface area contributed by atoms with Crippen LogP contribution in [0.5, 0.6) is 5.75 Å². The van der Waals surface area contributed by atoms with Gasteiger partial charge in [0.2, 0.25) is 0 Å². The summed E-state index contributed by atoms with van der Waals surface area (Å²) in [6, 6.07) is 14.8. The molecule has 5 nitrogen and oxygen atoms in total. The number of methoxy groups -OCH3 is 1. The molecule has 2 heterocycles. The summed E-state index contributed by atoms with van der Waals surface area (Å²) in [6.07, 6.45) is 0. The van der Waals surface area contributed by atoms with Crippen molar-refractivity contribution in [2.24, 2.45) is 0 Å². The highest BCUT2D eigenvalue weighted by Gasteiger charge is 2.14. The van der Waals surface area contributed by atoms with Gasteiger partial charge in [-0.1, -0.05) is 29.8 Å². The van der Waals surface area contributed by atoms with Crippen molar-refractivity contribution in [1.82, 2.24) is 9.97 Å². The second-order valence-electron chi connectivity index (χ2n) is 6.17. The van der Waals surface area contributed by atoms with E-state index < -0.39 is 0 Å². The zero-order chi connectivity index (χ0) is 19.7. The maximum atomic E-state index is 12.9. The molecule has 0 unspecified atom stereocenters. The number of hydrogen-bond donors (Lipinski definition) is 1. The minimum Gasteiger partial charge on any atom is -0.495 e. The van der Waals surface area contributed by atoms with Crippen LogP contribution in [0.25, 0.3) is 22.2 Å². The molecule has 7 heteroatoms. The number of carbonyl (C=O) groups is 1. The van der Waals surface area contributed by atoms with Gasteiger partial charge in [-0.2, -0.15) is 0 Å². The molecule has 0 bridgehead atoms. The Morgan fingerprint density at radius 2 is 1.96 bits per heavy atom. The molecule has 4 rings (SSSR count). The molecule has 0 radical (unpaired) electrons. The molecule has 0 aliphatic rings. The standard InChI is InChI=1S/C21H16ClN3O2S/c1-12-9-15(14-5-3-4-6-17(14)23-12)20(26)25-21-24-18(11-28-21)13-7-8-19(27-2)16(22)10-13/h3-11H,1-2H3,(H,24,25,26). The van der Waals surface area contributed by atoms with Crippen LogP contribution >= 0.6 is 22.9 Å². The van der Waals surface area contributed by atoms with Crippen molar-refractivity contribution >= 4 is 44.9 Å².